The second kappa shape index (κ2) is 6.72. The van der Waals surface area contributed by atoms with E-state index in [1.54, 1.807) is 12.1 Å². The molecule has 1 aliphatic rings. The Labute approximate surface area is 122 Å². The van der Waals surface area contributed by atoms with Gasteiger partial charge in [0.1, 0.15) is 0 Å². The van der Waals surface area contributed by atoms with Crippen molar-refractivity contribution >= 4 is 29.2 Å². The van der Waals surface area contributed by atoms with Crippen molar-refractivity contribution in [3.8, 4) is 0 Å². The summed E-state index contributed by atoms with van der Waals surface area (Å²) in [7, 11) is 1.31. The Kier molecular flexibility index (Phi) is 4.98. The van der Waals surface area contributed by atoms with E-state index in [0.29, 0.717) is 22.8 Å². The van der Waals surface area contributed by atoms with Crippen LogP contribution in [0.1, 0.15) is 23.2 Å². The first-order valence-corrected chi connectivity index (χ1v) is 6.89. The molecule has 0 spiro atoms. The van der Waals surface area contributed by atoms with E-state index in [4.69, 9.17) is 11.6 Å². The average Bonchev–Trinajstić information content (AvgIpc) is 2.49. The van der Waals surface area contributed by atoms with Gasteiger partial charge in [-0.25, -0.2) is 4.79 Å². The van der Waals surface area contributed by atoms with Gasteiger partial charge in [0.15, 0.2) is 0 Å². The van der Waals surface area contributed by atoms with Crippen molar-refractivity contribution in [2.24, 2.45) is 5.92 Å². The number of esters is 1. The molecule has 0 aliphatic carbocycles. The number of rotatable bonds is 3. The molecule has 1 aromatic rings. The third-order valence-corrected chi connectivity index (χ3v) is 3.64. The van der Waals surface area contributed by atoms with Crippen molar-refractivity contribution < 1.29 is 14.3 Å². The molecule has 108 valence electrons. The molecule has 0 radical (unpaired) electrons. The summed E-state index contributed by atoms with van der Waals surface area (Å²) < 4.78 is 4.65. The van der Waals surface area contributed by atoms with Gasteiger partial charge in [-0.05, 0) is 37.6 Å². The zero-order valence-corrected chi connectivity index (χ0v) is 12.0. The summed E-state index contributed by atoms with van der Waals surface area (Å²) in [5.74, 6) is -0.612. The van der Waals surface area contributed by atoms with E-state index in [0.717, 1.165) is 19.4 Å². The standard InChI is InChI=1S/C14H17ClN2O3/c1-20-14(19)9-4-5-11(15)12(7-9)17-13(18)10-3-2-6-16-8-10/h4-5,7,10,16H,2-3,6,8H2,1H3,(H,17,18). The van der Waals surface area contributed by atoms with Gasteiger partial charge in [0.05, 0.1) is 29.3 Å². The number of nitrogens with one attached hydrogen (secondary N) is 2. The second-order valence-electron chi connectivity index (χ2n) is 4.72. The third kappa shape index (κ3) is 3.49. The number of carbonyl (C=O) groups is 2. The number of hydrogen-bond acceptors (Lipinski definition) is 4. The molecule has 0 bridgehead atoms. The van der Waals surface area contributed by atoms with Crippen LogP contribution in [0.25, 0.3) is 0 Å². The Morgan fingerprint density at radius 3 is 2.90 bits per heavy atom. The molecule has 2 N–H and O–H groups in total. The maximum atomic E-state index is 12.1. The summed E-state index contributed by atoms with van der Waals surface area (Å²) >= 11 is 6.04. The van der Waals surface area contributed by atoms with Gasteiger partial charge >= 0.3 is 5.97 Å². The minimum absolute atomic E-state index is 0.0680. The van der Waals surface area contributed by atoms with Gasteiger partial charge in [-0.1, -0.05) is 11.6 Å². The lowest BCUT2D eigenvalue weighted by molar-refractivity contribution is -0.120. The molecule has 1 aromatic carbocycles. The van der Waals surface area contributed by atoms with Crippen LogP contribution in [0.3, 0.4) is 0 Å². The number of carbonyl (C=O) groups excluding carboxylic acids is 2. The fourth-order valence-corrected chi connectivity index (χ4v) is 2.34. The molecule has 0 saturated carbocycles. The molecule has 5 nitrogen and oxygen atoms in total. The first kappa shape index (κ1) is 14.8. The number of anilines is 1. The predicted octanol–water partition coefficient (Wildman–Crippen LogP) is 2.06. The van der Waals surface area contributed by atoms with E-state index >= 15 is 0 Å². The fourth-order valence-electron chi connectivity index (χ4n) is 2.18. The molecule has 2 rings (SSSR count). The molecule has 1 heterocycles. The number of methoxy groups -OCH3 is 1. The normalized spacial score (nSPS) is 18.4. The van der Waals surface area contributed by atoms with Gasteiger partial charge < -0.3 is 15.4 Å². The van der Waals surface area contributed by atoms with Crippen LogP contribution < -0.4 is 10.6 Å². The van der Waals surface area contributed by atoms with Gasteiger partial charge in [0.25, 0.3) is 0 Å². The highest BCUT2D eigenvalue weighted by Crippen LogP contribution is 2.24. The van der Waals surface area contributed by atoms with Gasteiger partial charge in [-0.3, -0.25) is 4.79 Å². The van der Waals surface area contributed by atoms with Gasteiger partial charge in [-0.2, -0.15) is 0 Å². The van der Waals surface area contributed by atoms with E-state index in [9.17, 15) is 9.59 Å². The lowest BCUT2D eigenvalue weighted by atomic mass is 9.99. The summed E-state index contributed by atoms with van der Waals surface area (Å²) in [6.07, 6.45) is 1.83. The molecule has 1 aliphatic heterocycles. The maximum absolute atomic E-state index is 12.1. The maximum Gasteiger partial charge on any atom is 0.337 e. The monoisotopic (exact) mass is 296 g/mol. The molecule has 6 heteroatoms. The number of ether oxygens (including phenoxy) is 1. The smallest absolute Gasteiger partial charge is 0.337 e. The van der Waals surface area contributed by atoms with Crippen molar-refractivity contribution in [3.05, 3.63) is 28.8 Å². The highest BCUT2D eigenvalue weighted by Gasteiger charge is 2.21. The fraction of sp³-hybridized carbons (Fsp3) is 0.429. The lowest BCUT2D eigenvalue weighted by Crippen LogP contribution is -2.37. The SMILES string of the molecule is COC(=O)c1ccc(Cl)c(NC(=O)C2CCCNC2)c1. The zero-order valence-electron chi connectivity index (χ0n) is 11.2. The van der Waals surface area contributed by atoms with Crippen LogP contribution in [0.15, 0.2) is 18.2 Å². The minimum Gasteiger partial charge on any atom is -0.465 e. The average molecular weight is 297 g/mol. The van der Waals surface area contributed by atoms with Gasteiger partial charge in [0.2, 0.25) is 5.91 Å². The largest absolute Gasteiger partial charge is 0.465 e. The van der Waals surface area contributed by atoms with Crippen molar-refractivity contribution in [1.82, 2.24) is 5.32 Å². The van der Waals surface area contributed by atoms with E-state index in [-0.39, 0.29) is 11.8 Å². The Morgan fingerprint density at radius 2 is 2.25 bits per heavy atom. The Morgan fingerprint density at radius 1 is 1.45 bits per heavy atom. The minimum atomic E-state index is -0.462. The summed E-state index contributed by atoms with van der Waals surface area (Å²) in [4.78, 5) is 23.6. The summed E-state index contributed by atoms with van der Waals surface area (Å²) in [6, 6.07) is 4.66. The van der Waals surface area contributed by atoms with E-state index < -0.39 is 5.97 Å². The summed E-state index contributed by atoms with van der Waals surface area (Å²) in [6.45, 7) is 1.61. The molecular weight excluding hydrogens is 280 g/mol. The van der Waals surface area contributed by atoms with Crippen LogP contribution in [0.2, 0.25) is 5.02 Å². The van der Waals surface area contributed by atoms with Crippen LogP contribution in [-0.4, -0.2) is 32.1 Å². The lowest BCUT2D eigenvalue weighted by Gasteiger charge is -2.22. The van der Waals surface area contributed by atoms with Crippen LogP contribution in [-0.2, 0) is 9.53 Å². The third-order valence-electron chi connectivity index (χ3n) is 3.31. The van der Waals surface area contributed by atoms with Crippen molar-refractivity contribution in [2.45, 2.75) is 12.8 Å². The van der Waals surface area contributed by atoms with Gasteiger partial charge in [-0.15, -0.1) is 0 Å². The number of hydrogen-bond donors (Lipinski definition) is 2. The Balaban J connectivity index is 2.11. The summed E-state index contributed by atoms with van der Waals surface area (Å²) in [5, 5.41) is 6.37. The van der Waals surface area contributed by atoms with Crippen LogP contribution in [0.4, 0.5) is 5.69 Å². The van der Waals surface area contributed by atoms with Crippen molar-refractivity contribution in [2.75, 3.05) is 25.5 Å². The predicted molar refractivity (Wildman–Crippen MR) is 77.0 cm³/mol. The quantitative estimate of drug-likeness (QED) is 0.838. The van der Waals surface area contributed by atoms with Gasteiger partial charge in [0, 0.05) is 6.54 Å². The number of benzene rings is 1. The first-order valence-electron chi connectivity index (χ1n) is 6.51. The molecule has 20 heavy (non-hydrogen) atoms. The number of piperidine rings is 1. The van der Waals surface area contributed by atoms with Crippen LogP contribution in [0, 0.1) is 5.92 Å². The first-order chi connectivity index (χ1) is 9.61. The zero-order chi connectivity index (χ0) is 14.5. The van der Waals surface area contributed by atoms with E-state index in [2.05, 4.69) is 15.4 Å². The molecule has 0 aromatic heterocycles. The van der Waals surface area contributed by atoms with Crippen molar-refractivity contribution in [1.29, 1.82) is 0 Å². The van der Waals surface area contributed by atoms with Crippen molar-refractivity contribution in [3.63, 3.8) is 0 Å². The van der Waals surface area contributed by atoms with Crippen LogP contribution in [0.5, 0.6) is 0 Å². The highest BCUT2D eigenvalue weighted by atomic mass is 35.5. The highest BCUT2D eigenvalue weighted by molar-refractivity contribution is 6.33. The van der Waals surface area contributed by atoms with E-state index in [1.807, 2.05) is 0 Å². The molecule has 1 unspecified atom stereocenters. The Bertz CT molecular complexity index is 513. The number of amides is 1. The molecule has 1 atom stereocenters. The van der Waals surface area contributed by atoms with E-state index in [1.165, 1.54) is 13.2 Å². The molecule has 1 amide bonds. The Hall–Kier alpha value is -1.59. The molecule has 1 saturated heterocycles. The summed E-state index contributed by atoms with van der Waals surface area (Å²) in [5.41, 5.74) is 0.791. The number of halogens is 1. The topological polar surface area (TPSA) is 67.4 Å². The van der Waals surface area contributed by atoms with Crippen LogP contribution >= 0.6 is 11.6 Å². The molecule has 1 fully saturated rings. The second-order valence-corrected chi connectivity index (χ2v) is 5.13. The molecular formula is C14H17ClN2O3.